The summed E-state index contributed by atoms with van der Waals surface area (Å²) in [6.07, 6.45) is 4.56. The molecule has 0 saturated carbocycles. The molecular formula is C19H31N. The Labute approximate surface area is 125 Å². The summed E-state index contributed by atoms with van der Waals surface area (Å²) in [5.74, 6) is 0. The lowest BCUT2D eigenvalue weighted by Gasteiger charge is -2.28. The van der Waals surface area contributed by atoms with Gasteiger partial charge in [0.2, 0.25) is 0 Å². The predicted molar refractivity (Wildman–Crippen MR) is 91.1 cm³/mol. The topological polar surface area (TPSA) is 3.24 Å². The molecule has 0 bridgehead atoms. The van der Waals surface area contributed by atoms with Crippen LogP contribution in [0, 0.1) is 6.92 Å². The molecule has 0 aliphatic heterocycles. The highest BCUT2D eigenvalue weighted by atomic mass is 15.1. The second-order valence-electron chi connectivity index (χ2n) is 5.58. The normalized spacial score (nSPS) is 10.7. The van der Waals surface area contributed by atoms with Gasteiger partial charge < -0.3 is 4.90 Å². The zero-order chi connectivity index (χ0) is 15.1. The van der Waals surface area contributed by atoms with E-state index in [2.05, 4.69) is 58.2 Å². The lowest BCUT2D eigenvalue weighted by Crippen LogP contribution is -2.24. The Hall–Kier alpha value is -1.24. The van der Waals surface area contributed by atoms with Crippen molar-refractivity contribution in [3.63, 3.8) is 0 Å². The average molecular weight is 273 g/mol. The number of benzene rings is 1. The molecule has 0 radical (unpaired) electrons. The summed E-state index contributed by atoms with van der Waals surface area (Å²) in [6.45, 7) is 17.8. The molecule has 0 atom stereocenters. The molecule has 1 rings (SSSR count). The van der Waals surface area contributed by atoms with Crippen molar-refractivity contribution >= 4 is 5.70 Å². The molecule has 112 valence electrons. The van der Waals surface area contributed by atoms with E-state index in [9.17, 15) is 0 Å². The third-order valence-electron chi connectivity index (χ3n) is 3.99. The van der Waals surface area contributed by atoms with Gasteiger partial charge in [-0.3, -0.25) is 0 Å². The molecule has 0 N–H and O–H groups in total. The van der Waals surface area contributed by atoms with Crippen molar-refractivity contribution in [3.8, 4) is 0 Å². The quantitative estimate of drug-likeness (QED) is 0.628. The zero-order valence-electron chi connectivity index (χ0n) is 14.1. The van der Waals surface area contributed by atoms with Crippen molar-refractivity contribution in [2.75, 3.05) is 13.1 Å². The minimum atomic E-state index is 1.10. The van der Waals surface area contributed by atoms with Crippen LogP contribution in [-0.4, -0.2) is 18.0 Å². The van der Waals surface area contributed by atoms with Crippen molar-refractivity contribution in [2.24, 2.45) is 0 Å². The van der Waals surface area contributed by atoms with Gasteiger partial charge in [0.25, 0.3) is 0 Å². The maximum absolute atomic E-state index is 4.38. The van der Waals surface area contributed by atoms with Crippen LogP contribution < -0.4 is 0 Å². The highest BCUT2D eigenvalue weighted by Gasteiger charge is 2.12. The van der Waals surface area contributed by atoms with E-state index in [1.54, 1.807) is 0 Å². The van der Waals surface area contributed by atoms with Gasteiger partial charge in [0.15, 0.2) is 0 Å². The van der Waals surface area contributed by atoms with E-state index in [1.807, 2.05) is 0 Å². The van der Waals surface area contributed by atoms with Gasteiger partial charge >= 0.3 is 0 Å². The van der Waals surface area contributed by atoms with Crippen LogP contribution >= 0.6 is 0 Å². The first-order valence-corrected chi connectivity index (χ1v) is 8.15. The minimum absolute atomic E-state index is 1.10. The molecule has 0 unspecified atom stereocenters. The molecule has 1 heteroatoms. The summed E-state index contributed by atoms with van der Waals surface area (Å²) < 4.78 is 0. The van der Waals surface area contributed by atoms with E-state index in [0.717, 1.165) is 25.9 Å². The second-order valence-corrected chi connectivity index (χ2v) is 5.58. The van der Waals surface area contributed by atoms with Gasteiger partial charge in [-0.2, -0.15) is 0 Å². The van der Waals surface area contributed by atoms with E-state index < -0.39 is 0 Å². The van der Waals surface area contributed by atoms with Crippen LogP contribution in [0.2, 0.25) is 0 Å². The molecule has 20 heavy (non-hydrogen) atoms. The van der Waals surface area contributed by atoms with Crippen LogP contribution in [0.5, 0.6) is 0 Å². The molecule has 1 aromatic carbocycles. The number of nitrogens with zero attached hydrogens (tertiary/aromatic N) is 1. The monoisotopic (exact) mass is 273 g/mol. The summed E-state index contributed by atoms with van der Waals surface area (Å²) in [5.41, 5.74) is 6.85. The Balaban J connectivity index is 3.13. The van der Waals surface area contributed by atoms with Crippen LogP contribution in [0.25, 0.3) is 5.70 Å². The van der Waals surface area contributed by atoms with Crippen molar-refractivity contribution in [3.05, 3.63) is 41.0 Å². The van der Waals surface area contributed by atoms with E-state index in [0.29, 0.717) is 0 Å². The first-order chi connectivity index (χ1) is 9.58. The predicted octanol–water partition coefficient (Wildman–Crippen LogP) is 5.21. The van der Waals surface area contributed by atoms with Gasteiger partial charge in [-0.1, -0.05) is 40.3 Å². The Bertz CT molecular complexity index is 439. The number of hydrogen-bond acceptors (Lipinski definition) is 1. The molecule has 0 amide bonds. The fourth-order valence-corrected chi connectivity index (χ4v) is 2.87. The van der Waals surface area contributed by atoms with Gasteiger partial charge in [0, 0.05) is 24.4 Å². The van der Waals surface area contributed by atoms with Crippen molar-refractivity contribution in [1.29, 1.82) is 0 Å². The summed E-state index contributed by atoms with van der Waals surface area (Å²) in [7, 11) is 0. The summed E-state index contributed by atoms with van der Waals surface area (Å²) in [6, 6.07) is 4.73. The maximum Gasteiger partial charge on any atom is 0.0369 e. The van der Waals surface area contributed by atoms with E-state index in [4.69, 9.17) is 0 Å². The highest BCUT2D eigenvalue weighted by Crippen LogP contribution is 2.26. The van der Waals surface area contributed by atoms with Gasteiger partial charge in [-0.05, 0) is 55.4 Å². The molecule has 0 aromatic heterocycles. The van der Waals surface area contributed by atoms with Crippen molar-refractivity contribution < 1.29 is 0 Å². The summed E-state index contributed by atoms with van der Waals surface area (Å²) >= 11 is 0. The molecule has 1 nitrogen and oxygen atoms in total. The van der Waals surface area contributed by atoms with Gasteiger partial charge in [-0.25, -0.2) is 0 Å². The van der Waals surface area contributed by atoms with Crippen LogP contribution in [0.3, 0.4) is 0 Å². The Morgan fingerprint density at radius 2 is 1.45 bits per heavy atom. The number of rotatable bonds is 8. The molecule has 0 aliphatic rings. The van der Waals surface area contributed by atoms with Crippen molar-refractivity contribution in [2.45, 2.75) is 60.3 Å². The van der Waals surface area contributed by atoms with Crippen LogP contribution in [0.1, 0.15) is 62.8 Å². The van der Waals surface area contributed by atoms with Crippen LogP contribution in [0.4, 0.5) is 0 Å². The average Bonchev–Trinajstić information content (AvgIpc) is 2.46. The third kappa shape index (κ3) is 3.88. The Morgan fingerprint density at radius 3 is 1.90 bits per heavy atom. The zero-order valence-corrected chi connectivity index (χ0v) is 14.1. The smallest absolute Gasteiger partial charge is 0.0369 e. The van der Waals surface area contributed by atoms with Gasteiger partial charge in [-0.15, -0.1) is 0 Å². The maximum atomic E-state index is 4.38. The SMILES string of the molecule is C=C(c1cc(CC)c(CC)cc1C)N(CCC)CCC. The largest absolute Gasteiger partial charge is 0.372 e. The summed E-state index contributed by atoms with van der Waals surface area (Å²) in [5, 5.41) is 0. The molecule has 1 aromatic rings. The number of aryl methyl sites for hydroxylation is 3. The van der Waals surface area contributed by atoms with Gasteiger partial charge in [0.1, 0.15) is 0 Å². The lowest BCUT2D eigenvalue weighted by molar-refractivity contribution is 0.396. The molecule has 0 heterocycles. The Morgan fingerprint density at radius 1 is 0.950 bits per heavy atom. The first-order valence-electron chi connectivity index (χ1n) is 8.15. The van der Waals surface area contributed by atoms with E-state index in [1.165, 1.54) is 40.8 Å². The summed E-state index contributed by atoms with van der Waals surface area (Å²) in [4.78, 5) is 2.44. The lowest BCUT2D eigenvalue weighted by atomic mass is 9.94. The minimum Gasteiger partial charge on any atom is -0.372 e. The second kappa shape index (κ2) is 8.14. The van der Waals surface area contributed by atoms with E-state index >= 15 is 0 Å². The van der Waals surface area contributed by atoms with Crippen LogP contribution in [-0.2, 0) is 12.8 Å². The first kappa shape index (κ1) is 16.8. The van der Waals surface area contributed by atoms with Crippen LogP contribution in [0.15, 0.2) is 18.7 Å². The molecule has 0 saturated heterocycles. The van der Waals surface area contributed by atoms with Gasteiger partial charge in [0.05, 0.1) is 0 Å². The standard InChI is InChI=1S/C19H31N/c1-7-11-20(12-8-2)16(6)19-14-18(10-4)17(9-3)13-15(19)5/h13-14H,6-12H2,1-5H3. The number of hydrogen-bond donors (Lipinski definition) is 0. The fourth-order valence-electron chi connectivity index (χ4n) is 2.87. The molecule has 0 spiro atoms. The third-order valence-corrected chi connectivity index (χ3v) is 3.99. The Kier molecular flexibility index (Phi) is 6.84. The van der Waals surface area contributed by atoms with E-state index in [-0.39, 0.29) is 0 Å². The molecular weight excluding hydrogens is 242 g/mol. The molecule has 0 aliphatic carbocycles. The molecule has 0 fully saturated rings. The fraction of sp³-hybridized carbons (Fsp3) is 0.579. The van der Waals surface area contributed by atoms with Crippen molar-refractivity contribution in [1.82, 2.24) is 4.90 Å². The highest BCUT2D eigenvalue weighted by molar-refractivity contribution is 5.66.